The summed E-state index contributed by atoms with van der Waals surface area (Å²) in [5.41, 5.74) is 10.1. The third-order valence-corrected chi connectivity index (χ3v) is 6.81. The Morgan fingerprint density at radius 3 is 2.29 bits per heavy atom. The van der Waals surface area contributed by atoms with Gasteiger partial charge in [0.2, 0.25) is 5.95 Å². The van der Waals surface area contributed by atoms with Crippen LogP contribution in [0.25, 0.3) is 11.2 Å². The number of hydrogen-bond acceptors (Lipinski definition) is 13. The highest BCUT2D eigenvalue weighted by Gasteiger charge is 2.17. The van der Waals surface area contributed by atoms with E-state index >= 15 is 0 Å². The van der Waals surface area contributed by atoms with Crippen LogP contribution in [0.2, 0.25) is 0 Å². The second-order valence-electron chi connectivity index (χ2n) is 10.5. The molecule has 4 rings (SSSR count). The van der Waals surface area contributed by atoms with Crippen LogP contribution in [0.15, 0.2) is 46.5 Å². The van der Waals surface area contributed by atoms with E-state index < -0.39 is 5.56 Å². The van der Waals surface area contributed by atoms with Crippen LogP contribution in [-0.4, -0.2) is 103 Å². The van der Waals surface area contributed by atoms with Gasteiger partial charge in [0, 0.05) is 30.0 Å². The zero-order chi connectivity index (χ0) is 35.1. The summed E-state index contributed by atoms with van der Waals surface area (Å²) in [7, 11) is 0. The Morgan fingerprint density at radius 1 is 0.980 bits per heavy atom. The molecule has 0 saturated heterocycles. The molecule has 1 saturated carbocycles. The summed E-state index contributed by atoms with van der Waals surface area (Å²) in [6, 6.07) is 7.17. The van der Waals surface area contributed by atoms with Gasteiger partial charge >= 0.3 is 0 Å². The van der Waals surface area contributed by atoms with Crippen molar-refractivity contribution in [1.82, 2.24) is 30.6 Å². The van der Waals surface area contributed by atoms with Gasteiger partial charge in [0.1, 0.15) is 6.61 Å². The van der Waals surface area contributed by atoms with Crippen molar-refractivity contribution in [2.75, 3.05) is 77.0 Å². The molecule has 3 aromatic rings. The van der Waals surface area contributed by atoms with Gasteiger partial charge in [-0.15, -0.1) is 6.42 Å². The van der Waals surface area contributed by atoms with Crippen molar-refractivity contribution in [3.63, 3.8) is 0 Å². The van der Waals surface area contributed by atoms with E-state index in [2.05, 4.69) is 41.8 Å². The lowest BCUT2D eigenvalue weighted by Gasteiger charge is -2.12. The van der Waals surface area contributed by atoms with E-state index in [-0.39, 0.29) is 29.5 Å². The second kappa shape index (κ2) is 22.5. The maximum absolute atomic E-state index is 12.7. The van der Waals surface area contributed by atoms with Gasteiger partial charge in [-0.2, -0.15) is 4.98 Å². The smallest absolute Gasteiger partial charge is 0.290 e. The van der Waals surface area contributed by atoms with Gasteiger partial charge in [0.15, 0.2) is 11.2 Å². The molecule has 0 atom stereocenters. The van der Waals surface area contributed by atoms with E-state index in [0.29, 0.717) is 77.2 Å². The molecule has 0 bridgehead atoms. The monoisotopic (exact) mass is 680 g/mol. The van der Waals surface area contributed by atoms with Gasteiger partial charge in [-0.1, -0.05) is 11.5 Å². The van der Waals surface area contributed by atoms with Crippen molar-refractivity contribution in [3.8, 4) is 12.3 Å². The van der Waals surface area contributed by atoms with Crippen molar-refractivity contribution in [1.29, 1.82) is 0 Å². The molecule has 0 aliphatic heterocycles. The van der Waals surface area contributed by atoms with Crippen LogP contribution >= 0.6 is 0 Å². The van der Waals surface area contributed by atoms with Crippen LogP contribution in [0.3, 0.4) is 0 Å². The molecule has 1 aromatic carbocycles. The number of allylic oxidation sites excluding steroid dienone is 2. The van der Waals surface area contributed by atoms with Crippen molar-refractivity contribution in [2.24, 2.45) is 0 Å². The first-order valence-electron chi connectivity index (χ1n) is 15.9. The molecule has 0 unspecified atom stereocenters. The van der Waals surface area contributed by atoms with Crippen LogP contribution in [0.5, 0.6) is 0 Å². The summed E-state index contributed by atoms with van der Waals surface area (Å²) in [5.74, 6) is 2.28. The van der Waals surface area contributed by atoms with Crippen molar-refractivity contribution < 1.29 is 33.6 Å². The summed E-state index contributed by atoms with van der Waals surface area (Å²) in [5, 5.41) is 16.6. The molecule has 264 valence electrons. The number of terminal acetylenes is 1. The first kappa shape index (κ1) is 38.4. The first-order chi connectivity index (χ1) is 23.9. The van der Waals surface area contributed by atoms with E-state index in [1.165, 1.54) is 17.5 Å². The minimum Gasteiger partial charge on any atom is -0.483 e. The fourth-order valence-electron chi connectivity index (χ4n) is 4.38. The number of hydrogen-bond donors (Lipinski definition) is 6. The largest absolute Gasteiger partial charge is 0.483 e. The number of carbonyl (C=O) groups is 2. The highest BCUT2D eigenvalue weighted by Crippen LogP contribution is 2.32. The highest BCUT2D eigenvalue weighted by molar-refractivity contribution is 5.94. The number of carbonyl (C=O) groups excluding carboxylic acids is 1. The molecular weight excluding hydrogens is 636 g/mol. The highest BCUT2D eigenvalue weighted by atomic mass is 16.6. The van der Waals surface area contributed by atoms with Crippen molar-refractivity contribution >= 4 is 35.2 Å². The molecule has 1 fully saturated rings. The first-order valence-corrected chi connectivity index (χ1v) is 15.9. The number of nitrogens with one attached hydrogen (secondary N) is 4. The standard InChI is InChI=1S/C32H42N8O6.CH2O2/c1-2-13-43-15-17-45-19-20-46-18-16-44-14-12-34-27(23-5-6-23)4-3-11-35-30(41)24-7-9-25(10-8-24)36-21-26-22-37-29-28(38-26)31(42)40-32(33)39-29;2-1-3/h1,7-10,22,34,36H,3-6,11-21H2,(H,35,41)(H3,33,37,39,40,42);1H,(H,2,3). The molecule has 16 heteroatoms. The Hall–Kier alpha value is -5.08. The molecule has 1 amide bonds. The topological polar surface area (TPSA) is 225 Å². The molecule has 16 nitrogen and oxygen atoms in total. The molecule has 1 aliphatic carbocycles. The molecule has 2 aromatic heterocycles. The summed E-state index contributed by atoms with van der Waals surface area (Å²) >= 11 is 0. The van der Waals surface area contributed by atoms with Crippen LogP contribution < -0.4 is 27.2 Å². The summed E-state index contributed by atoms with van der Waals surface area (Å²) in [6.45, 7) is 5.32. The zero-order valence-corrected chi connectivity index (χ0v) is 27.4. The van der Waals surface area contributed by atoms with Crippen LogP contribution in [-0.2, 0) is 30.3 Å². The maximum atomic E-state index is 12.7. The van der Waals surface area contributed by atoms with Crippen molar-refractivity contribution in [3.05, 3.63) is 63.3 Å². The minimum atomic E-state index is -0.439. The summed E-state index contributed by atoms with van der Waals surface area (Å²) in [6.07, 6.45) is 10.6. The molecule has 0 radical (unpaired) electrons. The number of aromatic amines is 1. The third kappa shape index (κ3) is 15.1. The quantitative estimate of drug-likeness (QED) is 0.0502. The Labute approximate surface area is 284 Å². The number of anilines is 2. The van der Waals surface area contributed by atoms with Crippen LogP contribution in [0, 0.1) is 12.3 Å². The number of rotatable bonds is 22. The lowest BCUT2D eigenvalue weighted by molar-refractivity contribution is -0.122. The number of fused-ring (bicyclic) bond motifs is 1. The Morgan fingerprint density at radius 2 is 1.63 bits per heavy atom. The molecule has 7 N–H and O–H groups in total. The summed E-state index contributed by atoms with van der Waals surface area (Å²) < 4.78 is 21.7. The van der Waals surface area contributed by atoms with E-state index in [1.807, 2.05) is 12.1 Å². The van der Waals surface area contributed by atoms with E-state index in [1.54, 1.807) is 12.1 Å². The molecule has 2 heterocycles. The van der Waals surface area contributed by atoms with E-state index in [4.69, 9.17) is 41.0 Å². The number of nitrogens with two attached hydrogens (primary N) is 1. The van der Waals surface area contributed by atoms with Gasteiger partial charge in [0.25, 0.3) is 17.9 Å². The van der Waals surface area contributed by atoms with Crippen LogP contribution in [0.1, 0.15) is 41.7 Å². The number of carboxylic acid groups (broad SMARTS) is 1. The predicted molar refractivity (Wildman–Crippen MR) is 183 cm³/mol. The number of nitrogens with zero attached hydrogens (tertiary/aromatic N) is 3. The Bertz CT molecular complexity index is 1580. The third-order valence-electron chi connectivity index (χ3n) is 6.81. The number of aromatic nitrogens is 4. The van der Waals surface area contributed by atoms with Crippen molar-refractivity contribution in [2.45, 2.75) is 32.2 Å². The Balaban J connectivity index is 0.00000209. The lowest BCUT2D eigenvalue weighted by atomic mass is 10.1. The normalized spacial score (nSPS) is 11.6. The SMILES string of the molecule is C#CCOCCOCCOCCOCCNC(CCCNC(=O)c1ccc(NCc2cnc3nc(N)[nH]c(=O)c3n2)cc1)=C1CC1.O=CO. The van der Waals surface area contributed by atoms with Gasteiger partial charge < -0.3 is 45.7 Å². The van der Waals surface area contributed by atoms with Gasteiger partial charge in [-0.3, -0.25) is 19.4 Å². The number of benzene rings is 1. The minimum absolute atomic E-state index is 0.00576. The molecule has 1 aliphatic rings. The van der Waals surface area contributed by atoms with Crippen LogP contribution in [0.4, 0.5) is 11.6 Å². The lowest BCUT2D eigenvalue weighted by Crippen LogP contribution is -2.25. The average molecular weight is 681 g/mol. The van der Waals surface area contributed by atoms with E-state index in [9.17, 15) is 9.59 Å². The van der Waals surface area contributed by atoms with E-state index in [0.717, 1.165) is 37.9 Å². The molecule has 0 spiro atoms. The second-order valence-corrected chi connectivity index (χ2v) is 10.5. The maximum Gasteiger partial charge on any atom is 0.290 e. The average Bonchev–Trinajstić information content (AvgIpc) is 3.95. The Kier molecular flexibility index (Phi) is 17.6. The number of amides is 1. The molecular formula is C33H44N8O8. The van der Waals surface area contributed by atoms with Gasteiger partial charge in [0.05, 0.1) is 64.7 Å². The van der Waals surface area contributed by atoms with Gasteiger partial charge in [-0.05, 0) is 49.9 Å². The number of H-pyrrole nitrogens is 1. The number of nitrogen functional groups attached to an aromatic ring is 1. The predicted octanol–water partition coefficient (Wildman–Crippen LogP) is 1.46. The fourth-order valence-corrected chi connectivity index (χ4v) is 4.38. The fraction of sp³-hybridized carbons (Fsp3) is 0.455. The zero-order valence-electron chi connectivity index (χ0n) is 27.4. The van der Waals surface area contributed by atoms with Gasteiger partial charge in [-0.25, -0.2) is 9.97 Å². The molecule has 49 heavy (non-hydrogen) atoms. The number of ether oxygens (including phenoxy) is 4. The summed E-state index contributed by atoms with van der Waals surface area (Å²) in [4.78, 5) is 48.0.